The smallest absolute Gasteiger partial charge is 0.416 e. The fourth-order valence-electron chi connectivity index (χ4n) is 2.38. The fourth-order valence-corrected chi connectivity index (χ4v) is 2.38. The van der Waals surface area contributed by atoms with Crippen molar-refractivity contribution in [1.29, 1.82) is 0 Å². The van der Waals surface area contributed by atoms with Crippen LogP contribution >= 0.6 is 0 Å². The molecule has 5 heteroatoms. The van der Waals surface area contributed by atoms with E-state index < -0.39 is 17.7 Å². The fraction of sp³-hybridized carbons (Fsp3) is 0.562. The highest BCUT2D eigenvalue weighted by molar-refractivity contribution is 5.69. The van der Waals surface area contributed by atoms with Crippen LogP contribution in [0.5, 0.6) is 0 Å². The molecule has 2 nitrogen and oxygen atoms in total. The van der Waals surface area contributed by atoms with Gasteiger partial charge in [0.05, 0.1) is 11.5 Å². The normalized spacial score (nSPS) is 14.7. The summed E-state index contributed by atoms with van der Waals surface area (Å²) in [6.45, 7) is 3.65. The van der Waals surface area contributed by atoms with Crippen molar-refractivity contribution in [3.05, 3.63) is 35.4 Å². The molecule has 118 valence electrons. The molecule has 1 rings (SSSR count). The highest BCUT2D eigenvalue weighted by Crippen LogP contribution is 2.30. The average Bonchev–Trinajstić information content (AvgIpc) is 2.37. The number of benzene rings is 1. The molecule has 0 aromatic heterocycles. The maximum absolute atomic E-state index is 12.6. The zero-order valence-electron chi connectivity index (χ0n) is 12.3. The Bertz CT molecular complexity index is 469. The van der Waals surface area contributed by atoms with E-state index in [1.807, 2.05) is 6.92 Å². The number of halogens is 3. The maximum atomic E-state index is 12.6. The van der Waals surface area contributed by atoms with Crippen LogP contribution in [0.15, 0.2) is 24.3 Å². The first kappa shape index (κ1) is 17.5. The minimum absolute atomic E-state index is 0.252. The molecule has 0 saturated carbocycles. The van der Waals surface area contributed by atoms with Gasteiger partial charge in [0.25, 0.3) is 0 Å². The van der Waals surface area contributed by atoms with Gasteiger partial charge >= 0.3 is 12.1 Å². The first-order chi connectivity index (χ1) is 9.70. The summed E-state index contributed by atoms with van der Waals surface area (Å²) in [5.41, 5.74) is 0.0517. The maximum Gasteiger partial charge on any atom is 0.416 e. The van der Waals surface area contributed by atoms with Crippen LogP contribution in [0.1, 0.15) is 44.2 Å². The molecule has 1 aromatic carbocycles. The third-order valence-electron chi connectivity index (χ3n) is 3.59. The molecule has 0 aliphatic heterocycles. The highest BCUT2D eigenvalue weighted by atomic mass is 19.4. The van der Waals surface area contributed by atoms with Gasteiger partial charge in [-0.3, -0.25) is 4.79 Å². The average molecular weight is 302 g/mol. The molecule has 2 unspecified atom stereocenters. The summed E-state index contributed by atoms with van der Waals surface area (Å²) in [5.74, 6) is -0.935. The number of hydrogen-bond acceptors (Lipinski definition) is 1. The zero-order chi connectivity index (χ0) is 16.0. The number of rotatable bonds is 7. The molecule has 1 N–H and O–H groups in total. The van der Waals surface area contributed by atoms with Gasteiger partial charge in [-0.2, -0.15) is 13.2 Å². The Morgan fingerprint density at radius 3 is 2.52 bits per heavy atom. The summed E-state index contributed by atoms with van der Waals surface area (Å²) in [6, 6.07) is 5.37. The molecule has 0 saturated heterocycles. The summed E-state index contributed by atoms with van der Waals surface area (Å²) in [4.78, 5) is 10.8. The van der Waals surface area contributed by atoms with E-state index in [9.17, 15) is 18.0 Å². The minimum Gasteiger partial charge on any atom is -0.481 e. The van der Waals surface area contributed by atoms with Gasteiger partial charge in [-0.1, -0.05) is 38.5 Å². The number of aryl methyl sites for hydroxylation is 1. The van der Waals surface area contributed by atoms with Crippen molar-refractivity contribution in [2.45, 2.75) is 45.7 Å². The van der Waals surface area contributed by atoms with Crippen molar-refractivity contribution >= 4 is 5.97 Å². The standard InChI is InChI=1S/C16H21F3O2/c1-11(9-12(2)15(20)21)5-3-6-13-7-4-8-14(10-13)16(17,18)19/h4,7-8,10-12H,3,5-6,9H2,1-2H3,(H,20,21). The molecule has 0 bridgehead atoms. The number of carbonyl (C=O) groups is 1. The summed E-state index contributed by atoms with van der Waals surface area (Å²) in [6.07, 6.45) is -1.56. The van der Waals surface area contributed by atoms with Crippen molar-refractivity contribution in [1.82, 2.24) is 0 Å². The van der Waals surface area contributed by atoms with Crippen LogP contribution in [-0.4, -0.2) is 11.1 Å². The molecule has 0 amide bonds. The largest absolute Gasteiger partial charge is 0.481 e. The van der Waals surface area contributed by atoms with Gasteiger partial charge in [0.2, 0.25) is 0 Å². The van der Waals surface area contributed by atoms with Gasteiger partial charge in [0.15, 0.2) is 0 Å². The number of alkyl halides is 3. The second-order valence-corrected chi connectivity index (χ2v) is 5.67. The van der Waals surface area contributed by atoms with E-state index in [1.165, 1.54) is 12.1 Å². The molecule has 2 atom stereocenters. The second kappa shape index (κ2) is 7.48. The third-order valence-corrected chi connectivity index (χ3v) is 3.59. The highest BCUT2D eigenvalue weighted by Gasteiger charge is 2.30. The number of aliphatic carboxylic acids is 1. The van der Waals surface area contributed by atoms with Crippen LogP contribution in [0, 0.1) is 11.8 Å². The summed E-state index contributed by atoms with van der Waals surface area (Å²) >= 11 is 0. The van der Waals surface area contributed by atoms with Gasteiger partial charge in [-0.15, -0.1) is 0 Å². The van der Waals surface area contributed by atoms with Crippen molar-refractivity contribution < 1.29 is 23.1 Å². The predicted molar refractivity (Wildman–Crippen MR) is 75.0 cm³/mol. The molecule has 0 spiro atoms. The van der Waals surface area contributed by atoms with Gasteiger partial charge in [-0.05, 0) is 36.8 Å². The molecule has 21 heavy (non-hydrogen) atoms. The molecule has 1 aromatic rings. The third kappa shape index (κ3) is 6.19. The zero-order valence-corrected chi connectivity index (χ0v) is 12.3. The second-order valence-electron chi connectivity index (χ2n) is 5.67. The van der Waals surface area contributed by atoms with Crippen LogP contribution < -0.4 is 0 Å². The molecule has 0 fully saturated rings. The quantitative estimate of drug-likeness (QED) is 0.787. The molecular weight excluding hydrogens is 281 g/mol. The van der Waals surface area contributed by atoms with Crippen molar-refractivity contribution in [3.63, 3.8) is 0 Å². The Kier molecular flexibility index (Phi) is 6.24. The lowest BCUT2D eigenvalue weighted by Crippen LogP contribution is -2.13. The van der Waals surface area contributed by atoms with Gasteiger partial charge in [-0.25, -0.2) is 0 Å². The Labute approximate surface area is 123 Å². The van der Waals surface area contributed by atoms with Crippen LogP contribution in [0.25, 0.3) is 0 Å². The molecule has 0 aliphatic rings. The molecular formula is C16H21F3O2. The lowest BCUT2D eigenvalue weighted by molar-refractivity contribution is -0.141. The van der Waals surface area contributed by atoms with E-state index in [1.54, 1.807) is 13.0 Å². The summed E-state index contributed by atoms with van der Waals surface area (Å²) in [7, 11) is 0. The van der Waals surface area contributed by atoms with Crippen molar-refractivity contribution in [2.75, 3.05) is 0 Å². The van der Waals surface area contributed by atoms with Gasteiger partial charge in [0, 0.05) is 0 Å². The van der Waals surface area contributed by atoms with Crippen molar-refractivity contribution in [3.8, 4) is 0 Å². The van der Waals surface area contributed by atoms with Crippen LogP contribution in [0.2, 0.25) is 0 Å². The Morgan fingerprint density at radius 1 is 1.29 bits per heavy atom. The minimum atomic E-state index is -4.31. The Morgan fingerprint density at radius 2 is 1.95 bits per heavy atom. The lowest BCUT2D eigenvalue weighted by Gasteiger charge is -2.14. The van der Waals surface area contributed by atoms with Crippen molar-refractivity contribution in [2.24, 2.45) is 11.8 Å². The van der Waals surface area contributed by atoms with E-state index in [0.29, 0.717) is 18.4 Å². The molecule has 0 aliphatic carbocycles. The van der Waals surface area contributed by atoms with E-state index >= 15 is 0 Å². The van der Waals surface area contributed by atoms with Crippen LogP contribution in [0.4, 0.5) is 13.2 Å². The first-order valence-electron chi connectivity index (χ1n) is 7.09. The number of carboxylic acid groups (broad SMARTS) is 1. The Hall–Kier alpha value is -1.52. The molecule has 0 heterocycles. The topological polar surface area (TPSA) is 37.3 Å². The predicted octanol–water partition coefficient (Wildman–Crippen LogP) is 4.78. The lowest BCUT2D eigenvalue weighted by atomic mass is 9.92. The summed E-state index contributed by atoms with van der Waals surface area (Å²) in [5, 5.41) is 8.83. The summed E-state index contributed by atoms with van der Waals surface area (Å²) < 4.78 is 37.7. The SMILES string of the molecule is CC(CCCc1cccc(C(F)(F)F)c1)CC(C)C(=O)O. The number of hydrogen-bond donors (Lipinski definition) is 1. The molecule has 0 radical (unpaired) electrons. The first-order valence-corrected chi connectivity index (χ1v) is 7.09. The van der Waals surface area contributed by atoms with E-state index in [-0.39, 0.29) is 11.8 Å². The van der Waals surface area contributed by atoms with Crippen LogP contribution in [0.3, 0.4) is 0 Å². The van der Waals surface area contributed by atoms with E-state index in [2.05, 4.69) is 0 Å². The van der Waals surface area contributed by atoms with E-state index in [0.717, 1.165) is 18.9 Å². The number of carboxylic acids is 1. The van der Waals surface area contributed by atoms with Gasteiger partial charge in [0.1, 0.15) is 0 Å². The Balaban J connectivity index is 2.44. The van der Waals surface area contributed by atoms with Crippen LogP contribution in [-0.2, 0) is 17.4 Å². The van der Waals surface area contributed by atoms with Gasteiger partial charge < -0.3 is 5.11 Å². The van der Waals surface area contributed by atoms with E-state index in [4.69, 9.17) is 5.11 Å². The monoisotopic (exact) mass is 302 g/mol.